The van der Waals surface area contributed by atoms with Crippen LogP contribution in [0.3, 0.4) is 0 Å². The van der Waals surface area contributed by atoms with E-state index in [9.17, 15) is 9.59 Å². The summed E-state index contributed by atoms with van der Waals surface area (Å²) in [6.07, 6.45) is 4.77. The van der Waals surface area contributed by atoms with Crippen molar-refractivity contribution in [1.82, 2.24) is 14.8 Å². The molecule has 176 valence electrons. The average molecular weight is 458 g/mol. The van der Waals surface area contributed by atoms with Gasteiger partial charge in [0.25, 0.3) is 0 Å². The number of aromatic amines is 1. The molecule has 0 bridgehead atoms. The van der Waals surface area contributed by atoms with Crippen LogP contribution in [0, 0.1) is 5.92 Å². The summed E-state index contributed by atoms with van der Waals surface area (Å²) in [6.45, 7) is 2.45. The zero-order valence-electron chi connectivity index (χ0n) is 19.8. The second kappa shape index (κ2) is 8.19. The molecule has 6 rings (SSSR count). The second-order valence-electron chi connectivity index (χ2n) is 10.1. The van der Waals surface area contributed by atoms with Gasteiger partial charge in [-0.1, -0.05) is 37.3 Å². The van der Waals surface area contributed by atoms with Gasteiger partial charge < -0.3 is 19.5 Å². The maximum atomic E-state index is 14.0. The number of fused-ring (bicyclic) bond motifs is 4. The second-order valence-corrected chi connectivity index (χ2v) is 10.1. The number of para-hydroxylation sites is 1. The highest BCUT2D eigenvalue weighted by Crippen LogP contribution is 2.43. The van der Waals surface area contributed by atoms with Crippen molar-refractivity contribution in [3.63, 3.8) is 0 Å². The molecule has 3 heterocycles. The molecule has 1 aliphatic carbocycles. The zero-order chi connectivity index (χ0) is 23.4. The maximum absolute atomic E-state index is 14.0. The van der Waals surface area contributed by atoms with Gasteiger partial charge in [0.15, 0.2) is 0 Å². The van der Waals surface area contributed by atoms with Crippen LogP contribution in [0.15, 0.2) is 48.5 Å². The number of piperazine rings is 1. The lowest BCUT2D eigenvalue weighted by Crippen LogP contribution is -2.65. The number of nitrogens with one attached hydrogen (secondary N) is 1. The fraction of sp³-hybridized carbons (Fsp3) is 0.429. The Balaban J connectivity index is 1.46. The van der Waals surface area contributed by atoms with Gasteiger partial charge in [-0.15, -0.1) is 0 Å². The molecule has 1 N–H and O–H groups in total. The third-order valence-electron chi connectivity index (χ3n) is 8.13. The molecule has 1 saturated heterocycles. The normalized spacial score (nSPS) is 27.0. The molecule has 34 heavy (non-hydrogen) atoms. The highest BCUT2D eigenvalue weighted by atomic mass is 16.5. The van der Waals surface area contributed by atoms with Gasteiger partial charge in [0, 0.05) is 29.1 Å². The molecule has 3 aromatic rings. The van der Waals surface area contributed by atoms with Crippen molar-refractivity contribution in [1.29, 1.82) is 0 Å². The molecular formula is C28H31N3O3. The van der Waals surface area contributed by atoms with Crippen LogP contribution in [0.2, 0.25) is 0 Å². The van der Waals surface area contributed by atoms with Crippen molar-refractivity contribution in [2.24, 2.45) is 5.92 Å². The number of rotatable bonds is 3. The number of carbonyl (C=O) groups is 2. The number of H-pyrrole nitrogens is 1. The minimum absolute atomic E-state index is 0.0281. The molecule has 2 atom stereocenters. The van der Waals surface area contributed by atoms with E-state index in [1.165, 1.54) is 0 Å². The summed E-state index contributed by atoms with van der Waals surface area (Å²) in [6, 6.07) is 15.4. The molecular weight excluding hydrogens is 426 g/mol. The first-order valence-corrected chi connectivity index (χ1v) is 12.4. The summed E-state index contributed by atoms with van der Waals surface area (Å²) in [5.41, 5.74) is 4.15. The zero-order valence-corrected chi connectivity index (χ0v) is 19.8. The summed E-state index contributed by atoms with van der Waals surface area (Å²) in [5.74, 6) is 1.57. The number of carbonyl (C=O) groups excluding carboxylic acids is 2. The van der Waals surface area contributed by atoms with Gasteiger partial charge in [0.2, 0.25) is 11.8 Å². The summed E-state index contributed by atoms with van der Waals surface area (Å²) in [7, 11) is 1.65. The Morgan fingerprint density at radius 2 is 1.79 bits per heavy atom. The van der Waals surface area contributed by atoms with Gasteiger partial charge in [0.1, 0.15) is 18.3 Å². The first kappa shape index (κ1) is 21.3. The molecule has 2 amide bonds. The number of hydrogen-bond acceptors (Lipinski definition) is 3. The monoisotopic (exact) mass is 457 g/mol. The van der Waals surface area contributed by atoms with Crippen molar-refractivity contribution in [3.8, 4) is 5.75 Å². The van der Waals surface area contributed by atoms with Crippen molar-refractivity contribution in [2.45, 2.75) is 57.2 Å². The summed E-state index contributed by atoms with van der Waals surface area (Å²) in [5, 5.41) is 1.13. The van der Waals surface area contributed by atoms with Gasteiger partial charge in [-0.25, -0.2) is 0 Å². The van der Waals surface area contributed by atoms with Gasteiger partial charge in [-0.05, 0) is 60.9 Å². The van der Waals surface area contributed by atoms with Crippen molar-refractivity contribution < 1.29 is 14.3 Å². The van der Waals surface area contributed by atoms with E-state index in [2.05, 4.69) is 24.0 Å². The smallest absolute Gasteiger partial charge is 0.246 e. The van der Waals surface area contributed by atoms with Gasteiger partial charge in [-0.2, -0.15) is 0 Å². The van der Waals surface area contributed by atoms with Crippen LogP contribution in [0.1, 0.15) is 55.5 Å². The molecule has 0 spiro atoms. The Morgan fingerprint density at radius 1 is 1.00 bits per heavy atom. The van der Waals surface area contributed by atoms with E-state index >= 15 is 0 Å². The standard InChI is InChI=1S/C28H31N3O3/c1-17-10-12-19(13-11-17)30-16-25(32)31-24(28(30)33)15-22-21-8-3-4-9-23(21)29-26(22)27(31)18-6-5-7-20(14-18)34-2/h3-9,14,17,19,24,27,29H,10-13,15-16H2,1-2H3/t17?,19?,24-,27+/m0/s1. The van der Waals surface area contributed by atoms with Crippen LogP contribution < -0.4 is 4.74 Å². The fourth-order valence-corrected chi connectivity index (χ4v) is 6.31. The number of amides is 2. The number of benzene rings is 2. The lowest BCUT2D eigenvalue weighted by atomic mass is 9.83. The first-order valence-electron chi connectivity index (χ1n) is 12.4. The number of hydrogen-bond donors (Lipinski definition) is 1. The summed E-state index contributed by atoms with van der Waals surface area (Å²) >= 11 is 0. The molecule has 2 aromatic carbocycles. The van der Waals surface area contributed by atoms with Crippen LogP contribution in [0.5, 0.6) is 5.75 Å². The minimum Gasteiger partial charge on any atom is -0.497 e. The van der Waals surface area contributed by atoms with E-state index in [-0.39, 0.29) is 30.4 Å². The van der Waals surface area contributed by atoms with E-state index in [0.29, 0.717) is 12.3 Å². The molecule has 2 aliphatic heterocycles. The Kier molecular flexibility index (Phi) is 5.12. The number of nitrogens with zero attached hydrogens (tertiary/aromatic N) is 2. The van der Waals surface area contributed by atoms with Crippen molar-refractivity contribution in [3.05, 3.63) is 65.4 Å². The highest BCUT2D eigenvalue weighted by molar-refractivity contribution is 5.97. The molecule has 1 saturated carbocycles. The number of ether oxygens (including phenoxy) is 1. The van der Waals surface area contributed by atoms with Crippen LogP contribution in [0.4, 0.5) is 0 Å². The van der Waals surface area contributed by atoms with E-state index in [1.807, 2.05) is 46.2 Å². The van der Waals surface area contributed by atoms with Crippen LogP contribution in [-0.2, 0) is 16.0 Å². The van der Waals surface area contributed by atoms with Crippen LogP contribution in [0.25, 0.3) is 10.9 Å². The topological polar surface area (TPSA) is 65.6 Å². The van der Waals surface area contributed by atoms with E-state index in [1.54, 1.807) is 7.11 Å². The third kappa shape index (κ3) is 3.30. The van der Waals surface area contributed by atoms with E-state index in [4.69, 9.17) is 4.74 Å². The lowest BCUT2D eigenvalue weighted by molar-refractivity contribution is -0.161. The lowest BCUT2D eigenvalue weighted by Gasteiger charge is -2.49. The van der Waals surface area contributed by atoms with E-state index in [0.717, 1.165) is 59.2 Å². The largest absolute Gasteiger partial charge is 0.497 e. The molecule has 3 aliphatic rings. The average Bonchev–Trinajstić information content (AvgIpc) is 3.24. The molecule has 1 aromatic heterocycles. The summed E-state index contributed by atoms with van der Waals surface area (Å²) < 4.78 is 5.49. The van der Waals surface area contributed by atoms with Gasteiger partial charge in [-0.3, -0.25) is 9.59 Å². The molecule has 0 radical (unpaired) electrons. The highest BCUT2D eigenvalue weighted by Gasteiger charge is 2.49. The summed E-state index contributed by atoms with van der Waals surface area (Å²) in [4.78, 5) is 35.0. The quantitative estimate of drug-likeness (QED) is 0.632. The molecule has 0 unspecified atom stereocenters. The SMILES string of the molecule is COc1cccc([C@@H]2c3[nH]c4ccccc4c3C[C@H]3C(=O)N(C4CCC(C)CC4)CC(=O)N23)c1. The molecule has 6 heteroatoms. The third-order valence-corrected chi connectivity index (χ3v) is 8.13. The number of aromatic nitrogens is 1. The van der Waals surface area contributed by atoms with Crippen LogP contribution in [-0.4, -0.2) is 52.3 Å². The maximum Gasteiger partial charge on any atom is 0.246 e. The molecule has 6 nitrogen and oxygen atoms in total. The predicted molar refractivity (Wildman–Crippen MR) is 131 cm³/mol. The van der Waals surface area contributed by atoms with Gasteiger partial charge >= 0.3 is 0 Å². The number of methoxy groups -OCH3 is 1. The fourth-order valence-electron chi connectivity index (χ4n) is 6.31. The Labute approximate surface area is 199 Å². The van der Waals surface area contributed by atoms with Crippen molar-refractivity contribution in [2.75, 3.05) is 13.7 Å². The molecule has 2 fully saturated rings. The van der Waals surface area contributed by atoms with Crippen LogP contribution >= 0.6 is 0 Å². The Morgan fingerprint density at radius 3 is 2.59 bits per heavy atom. The van der Waals surface area contributed by atoms with Gasteiger partial charge in [0.05, 0.1) is 13.2 Å². The Bertz CT molecular complexity index is 1260. The van der Waals surface area contributed by atoms with E-state index < -0.39 is 6.04 Å². The first-order chi connectivity index (χ1) is 16.5. The Hall–Kier alpha value is -3.28. The minimum atomic E-state index is -0.483. The van der Waals surface area contributed by atoms with Crippen molar-refractivity contribution >= 4 is 22.7 Å². The predicted octanol–water partition coefficient (Wildman–Crippen LogP) is 4.44.